The third-order valence-corrected chi connectivity index (χ3v) is 3.55. The van der Waals surface area contributed by atoms with Crippen LogP contribution in [0.4, 0.5) is 0 Å². The molecule has 0 atom stereocenters. The van der Waals surface area contributed by atoms with E-state index in [-0.39, 0.29) is 5.78 Å². The predicted molar refractivity (Wildman–Crippen MR) is 80.9 cm³/mol. The standard InChI is InChI=1S/C18H22NO/c1-14-12-15(2)18(16(3)13-14)17(20)8-7-11-19-9-5-4-6-10-19/h4-6,9-10,12-13H,7-8,11H2,1-3H3/q+1. The summed E-state index contributed by atoms with van der Waals surface area (Å²) in [6, 6.07) is 10.2. The second kappa shape index (κ2) is 6.47. The Bertz CT molecular complexity index is 579. The van der Waals surface area contributed by atoms with E-state index in [9.17, 15) is 4.79 Å². The molecule has 104 valence electrons. The van der Waals surface area contributed by atoms with E-state index in [4.69, 9.17) is 0 Å². The number of aromatic nitrogens is 1. The molecule has 0 unspecified atom stereocenters. The number of Topliss-reactive ketones (excluding diaryl/α,β-unsaturated/α-hetero) is 1. The minimum Gasteiger partial charge on any atom is -0.294 e. The van der Waals surface area contributed by atoms with Crippen molar-refractivity contribution in [1.29, 1.82) is 0 Å². The lowest BCUT2D eigenvalue weighted by atomic mass is 9.94. The fourth-order valence-electron chi connectivity index (χ4n) is 2.75. The van der Waals surface area contributed by atoms with Crippen LogP contribution in [0.25, 0.3) is 0 Å². The molecular formula is C18H22NO+. The van der Waals surface area contributed by atoms with Crippen LogP contribution in [0, 0.1) is 20.8 Å². The smallest absolute Gasteiger partial charge is 0.168 e. The highest BCUT2D eigenvalue weighted by atomic mass is 16.1. The Morgan fingerprint density at radius 2 is 1.60 bits per heavy atom. The van der Waals surface area contributed by atoms with Gasteiger partial charge < -0.3 is 0 Å². The fraction of sp³-hybridized carbons (Fsp3) is 0.333. The number of benzene rings is 1. The van der Waals surface area contributed by atoms with Crippen LogP contribution < -0.4 is 4.57 Å². The van der Waals surface area contributed by atoms with Crippen molar-refractivity contribution in [2.45, 2.75) is 40.2 Å². The van der Waals surface area contributed by atoms with Gasteiger partial charge in [0.1, 0.15) is 6.54 Å². The van der Waals surface area contributed by atoms with Gasteiger partial charge in [0.15, 0.2) is 18.2 Å². The first-order valence-corrected chi connectivity index (χ1v) is 7.13. The molecular weight excluding hydrogens is 246 g/mol. The molecule has 0 N–H and O–H groups in total. The number of carbonyl (C=O) groups is 1. The quantitative estimate of drug-likeness (QED) is 0.600. The highest BCUT2D eigenvalue weighted by molar-refractivity contribution is 5.98. The van der Waals surface area contributed by atoms with Crippen molar-refractivity contribution in [2.24, 2.45) is 0 Å². The average molecular weight is 268 g/mol. The molecule has 2 heteroatoms. The summed E-state index contributed by atoms with van der Waals surface area (Å²) in [6.07, 6.45) is 5.55. The summed E-state index contributed by atoms with van der Waals surface area (Å²) in [7, 11) is 0. The summed E-state index contributed by atoms with van der Waals surface area (Å²) >= 11 is 0. The normalized spacial score (nSPS) is 10.6. The van der Waals surface area contributed by atoms with Crippen molar-refractivity contribution >= 4 is 5.78 Å². The van der Waals surface area contributed by atoms with Crippen molar-refractivity contribution in [3.05, 3.63) is 65.0 Å². The molecule has 0 aliphatic rings. The zero-order valence-corrected chi connectivity index (χ0v) is 12.5. The summed E-state index contributed by atoms with van der Waals surface area (Å²) in [5.41, 5.74) is 4.32. The molecule has 2 nitrogen and oxygen atoms in total. The van der Waals surface area contributed by atoms with Crippen molar-refractivity contribution in [3.63, 3.8) is 0 Å². The number of rotatable bonds is 5. The molecule has 20 heavy (non-hydrogen) atoms. The second-order valence-electron chi connectivity index (χ2n) is 5.41. The van der Waals surface area contributed by atoms with E-state index in [1.807, 2.05) is 44.4 Å². The van der Waals surface area contributed by atoms with Crippen LogP contribution in [0.15, 0.2) is 42.7 Å². The van der Waals surface area contributed by atoms with Crippen molar-refractivity contribution in [1.82, 2.24) is 0 Å². The van der Waals surface area contributed by atoms with E-state index in [1.165, 1.54) is 5.56 Å². The Morgan fingerprint density at radius 1 is 1.00 bits per heavy atom. The molecule has 2 aromatic rings. The summed E-state index contributed by atoms with van der Waals surface area (Å²) in [6.45, 7) is 7.01. The maximum absolute atomic E-state index is 12.4. The first-order valence-electron chi connectivity index (χ1n) is 7.13. The maximum Gasteiger partial charge on any atom is 0.168 e. The van der Waals surface area contributed by atoms with E-state index >= 15 is 0 Å². The summed E-state index contributed by atoms with van der Waals surface area (Å²) in [4.78, 5) is 12.4. The van der Waals surface area contributed by atoms with Crippen LogP contribution in [0.1, 0.15) is 39.9 Å². The fourth-order valence-corrected chi connectivity index (χ4v) is 2.75. The van der Waals surface area contributed by atoms with Crippen LogP contribution in [0.5, 0.6) is 0 Å². The molecule has 0 amide bonds. The van der Waals surface area contributed by atoms with Gasteiger partial charge in [-0.3, -0.25) is 4.79 Å². The monoisotopic (exact) mass is 268 g/mol. The van der Waals surface area contributed by atoms with Gasteiger partial charge in [-0.05, 0) is 31.9 Å². The number of carbonyl (C=O) groups excluding carboxylic acids is 1. The van der Waals surface area contributed by atoms with Gasteiger partial charge in [0.25, 0.3) is 0 Å². The van der Waals surface area contributed by atoms with E-state index in [0.29, 0.717) is 6.42 Å². The molecule has 0 radical (unpaired) electrons. The van der Waals surface area contributed by atoms with Gasteiger partial charge in [-0.1, -0.05) is 23.8 Å². The Morgan fingerprint density at radius 3 is 2.20 bits per heavy atom. The van der Waals surface area contributed by atoms with Gasteiger partial charge in [0, 0.05) is 30.5 Å². The van der Waals surface area contributed by atoms with Gasteiger partial charge in [-0.25, -0.2) is 4.57 Å². The number of nitrogens with zero attached hydrogens (tertiary/aromatic N) is 1. The van der Waals surface area contributed by atoms with Crippen LogP contribution in [-0.2, 0) is 6.54 Å². The molecule has 0 fully saturated rings. The summed E-state index contributed by atoms with van der Waals surface area (Å²) in [5.74, 6) is 0.261. The minimum atomic E-state index is 0.261. The average Bonchev–Trinajstić information content (AvgIpc) is 2.38. The molecule has 0 saturated heterocycles. The first kappa shape index (κ1) is 14.4. The molecule has 0 bridgehead atoms. The molecule has 2 rings (SSSR count). The number of aryl methyl sites for hydroxylation is 4. The third-order valence-electron chi connectivity index (χ3n) is 3.55. The van der Waals surface area contributed by atoms with Crippen molar-refractivity contribution in [2.75, 3.05) is 0 Å². The van der Waals surface area contributed by atoms with E-state index in [2.05, 4.69) is 23.6 Å². The molecule has 0 saturated carbocycles. The van der Waals surface area contributed by atoms with Gasteiger partial charge in [-0.2, -0.15) is 0 Å². The first-order chi connectivity index (χ1) is 9.58. The molecule has 1 aromatic heterocycles. The number of pyridine rings is 1. The number of hydrogen-bond donors (Lipinski definition) is 0. The minimum absolute atomic E-state index is 0.261. The predicted octanol–water partition coefficient (Wildman–Crippen LogP) is 3.56. The highest BCUT2D eigenvalue weighted by Crippen LogP contribution is 2.18. The van der Waals surface area contributed by atoms with Crippen LogP contribution in [0.2, 0.25) is 0 Å². The Labute approximate surface area is 121 Å². The van der Waals surface area contributed by atoms with Gasteiger partial charge in [0.2, 0.25) is 0 Å². The Hall–Kier alpha value is -1.96. The van der Waals surface area contributed by atoms with Gasteiger partial charge in [-0.15, -0.1) is 0 Å². The van der Waals surface area contributed by atoms with Crippen molar-refractivity contribution < 1.29 is 9.36 Å². The SMILES string of the molecule is Cc1cc(C)c(C(=O)CCC[n+]2ccccc2)c(C)c1. The highest BCUT2D eigenvalue weighted by Gasteiger charge is 2.13. The van der Waals surface area contributed by atoms with Crippen LogP contribution >= 0.6 is 0 Å². The molecule has 1 aromatic carbocycles. The van der Waals surface area contributed by atoms with Gasteiger partial charge in [0.05, 0.1) is 0 Å². The van der Waals surface area contributed by atoms with Crippen molar-refractivity contribution in [3.8, 4) is 0 Å². The summed E-state index contributed by atoms with van der Waals surface area (Å²) in [5, 5.41) is 0. The van der Waals surface area contributed by atoms with Crippen LogP contribution in [0.3, 0.4) is 0 Å². The molecule has 0 spiro atoms. The molecule has 0 aliphatic carbocycles. The molecule has 1 heterocycles. The summed E-state index contributed by atoms with van der Waals surface area (Å²) < 4.78 is 2.11. The largest absolute Gasteiger partial charge is 0.294 e. The van der Waals surface area contributed by atoms with E-state index in [0.717, 1.165) is 29.7 Å². The van der Waals surface area contributed by atoms with E-state index < -0.39 is 0 Å². The zero-order valence-electron chi connectivity index (χ0n) is 12.5. The maximum atomic E-state index is 12.4. The second-order valence-corrected chi connectivity index (χ2v) is 5.41. The van der Waals surface area contributed by atoms with Gasteiger partial charge >= 0.3 is 0 Å². The number of ketones is 1. The zero-order chi connectivity index (χ0) is 14.5. The lowest BCUT2D eigenvalue weighted by Gasteiger charge is -2.09. The Kier molecular flexibility index (Phi) is 4.67. The van der Waals surface area contributed by atoms with E-state index in [1.54, 1.807) is 0 Å². The number of hydrogen-bond acceptors (Lipinski definition) is 1. The molecule has 0 aliphatic heterocycles. The lowest BCUT2D eigenvalue weighted by Crippen LogP contribution is -2.32. The Balaban J connectivity index is 1.99. The van der Waals surface area contributed by atoms with Crippen LogP contribution in [-0.4, -0.2) is 5.78 Å². The lowest BCUT2D eigenvalue weighted by molar-refractivity contribution is -0.697. The third kappa shape index (κ3) is 3.53. The topological polar surface area (TPSA) is 20.9 Å².